The first-order chi connectivity index (χ1) is 8.68. The van der Waals surface area contributed by atoms with E-state index in [0.29, 0.717) is 12.8 Å². The number of rotatable bonds is 2. The van der Waals surface area contributed by atoms with Crippen LogP contribution in [0.25, 0.3) is 0 Å². The van der Waals surface area contributed by atoms with Crippen LogP contribution in [0.3, 0.4) is 0 Å². The fourth-order valence-electron chi connectivity index (χ4n) is 1.83. The summed E-state index contributed by atoms with van der Waals surface area (Å²) in [4.78, 5) is 20.2. The largest absolute Gasteiger partial charge is 0.481 e. The fourth-order valence-corrected chi connectivity index (χ4v) is 1.83. The Kier molecular flexibility index (Phi) is 7.18. The van der Waals surface area contributed by atoms with Crippen LogP contribution in [0.2, 0.25) is 0 Å². The Balaban J connectivity index is 0.000000459. The number of carbonyl (C=O) groups is 2. The van der Waals surface area contributed by atoms with Crippen molar-refractivity contribution in [1.29, 1.82) is 0 Å². The topological polar surface area (TPSA) is 63.6 Å². The molecule has 110 valence electrons. The van der Waals surface area contributed by atoms with Crippen LogP contribution in [0.4, 0.5) is 13.2 Å². The minimum absolute atomic E-state index is 0.0767. The summed E-state index contributed by atoms with van der Waals surface area (Å²) >= 11 is 0. The average molecular weight is 282 g/mol. The molecule has 0 radical (unpaired) electrons. The van der Waals surface area contributed by atoms with E-state index >= 15 is 0 Å². The normalized spacial score (nSPS) is 22.7. The van der Waals surface area contributed by atoms with E-state index in [1.165, 1.54) is 6.92 Å². The van der Waals surface area contributed by atoms with Crippen LogP contribution in [0.1, 0.15) is 32.6 Å². The van der Waals surface area contributed by atoms with Crippen molar-refractivity contribution >= 4 is 11.9 Å². The summed E-state index contributed by atoms with van der Waals surface area (Å²) in [6, 6.07) is 0. The van der Waals surface area contributed by atoms with E-state index in [4.69, 9.17) is 5.11 Å². The van der Waals surface area contributed by atoms with Gasteiger partial charge >= 0.3 is 18.1 Å². The molecule has 0 aromatic carbocycles. The molecule has 0 spiro atoms. The molecule has 1 aliphatic rings. The SMILES string of the molecule is C=COC(C)=O.O=C(O)C1CCCC(C(F)(F)F)C1. The summed E-state index contributed by atoms with van der Waals surface area (Å²) < 4.78 is 40.7. The lowest BCUT2D eigenvalue weighted by molar-refractivity contribution is -0.188. The number of carboxylic acids is 1. The molecule has 0 heterocycles. The molecule has 0 saturated heterocycles. The lowest BCUT2D eigenvalue weighted by Gasteiger charge is -2.28. The van der Waals surface area contributed by atoms with Gasteiger partial charge in [0.25, 0.3) is 0 Å². The number of alkyl halides is 3. The van der Waals surface area contributed by atoms with Crippen molar-refractivity contribution in [2.75, 3.05) is 0 Å². The molecule has 2 atom stereocenters. The standard InChI is InChI=1S/C8H11F3O2.C4H6O2/c9-8(10,11)6-3-1-2-5(4-6)7(12)13;1-3-6-4(2)5/h5-6H,1-4H2,(H,12,13);3H,1H2,2H3. The van der Waals surface area contributed by atoms with Crippen LogP contribution in [0.15, 0.2) is 12.8 Å². The van der Waals surface area contributed by atoms with Gasteiger partial charge in [0, 0.05) is 6.92 Å². The Morgan fingerprint density at radius 2 is 1.95 bits per heavy atom. The molecule has 1 saturated carbocycles. The third-order valence-corrected chi connectivity index (χ3v) is 2.74. The molecule has 1 rings (SSSR count). The van der Waals surface area contributed by atoms with Gasteiger partial charge in [-0.1, -0.05) is 13.0 Å². The zero-order valence-electron chi connectivity index (χ0n) is 10.6. The van der Waals surface area contributed by atoms with E-state index < -0.39 is 24.0 Å². The zero-order valence-corrected chi connectivity index (χ0v) is 10.6. The summed E-state index contributed by atoms with van der Waals surface area (Å²) in [5.41, 5.74) is 0. The predicted molar refractivity (Wildman–Crippen MR) is 61.1 cm³/mol. The summed E-state index contributed by atoms with van der Waals surface area (Å²) in [7, 11) is 0. The van der Waals surface area contributed by atoms with E-state index in [1.807, 2.05) is 0 Å². The monoisotopic (exact) mass is 282 g/mol. The molecule has 7 heteroatoms. The third-order valence-electron chi connectivity index (χ3n) is 2.74. The maximum Gasteiger partial charge on any atom is 0.391 e. The first-order valence-electron chi connectivity index (χ1n) is 5.76. The van der Waals surface area contributed by atoms with Gasteiger partial charge in [-0.15, -0.1) is 0 Å². The quantitative estimate of drug-likeness (QED) is 0.624. The van der Waals surface area contributed by atoms with Gasteiger partial charge in [-0.2, -0.15) is 13.2 Å². The van der Waals surface area contributed by atoms with Crippen molar-refractivity contribution in [3.05, 3.63) is 12.8 Å². The molecule has 4 nitrogen and oxygen atoms in total. The highest BCUT2D eigenvalue weighted by molar-refractivity contribution is 5.70. The van der Waals surface area contributed by atoms with E-state index in [1.54, 1.807) is 0 Å². The van der Waals surface area contributed by atoms with Gasteiger partial charge in [0.1, 0.15) is 0 Å². The van der Waals surface area contributed by atoms with Crippen LogP contribution >= 0.6 is 0 Å². The van der Waals surface area contributed by atoms with Crippen LogP contribution in [-0.4, -0.2) is 23.2 Å². The minimum Gasteiger partial charge on any atom is -0.481 e. The first kappa shape index (κ1) is 17.5. The number of carboxylic acid groups (broad SMARTS) is 1. The van der Waals surface area contributed by atoms with Crippen LogP contribution < -0.4 is 0 Å². The van der Waals surface area contributed by atoms with Crippen molar-refractivity contribution < 1.29 is 32.6 Å². The lowest BCUT2D eigenvalue weighted by atomic mass is 9.81. The van der Waals surface area contributed by atoms with E-state index in [0.717, 1.165) is 6.26 Å². The lowest BCUT2D eigenvalue weighted by Crippen LogP contribution is -2.31. The number of hydrogen-bond acceptors (Lipinski definition) is 3. The molecule has 0 aromatic heterocycles. The van der Waals surface area contributed by atoms with E-state index in [2.05, 4.69) is 11.3 Å². The molecule has 1 fully saturated rings. The maximum absolute atomic E-state index is 12.2. The fraction of sp³-hybridized carbons (Fsp3) is 0.667. The summed E-state index contributed by atoms with van der Waals surface area (Å²) in [5.74, 6) is -3.65. The molecule has 2 unspecified atom stereocenters. The van der Waals surface area contributed by atoms with E-state index in [9.17, 15) is 22.8 Å². The smallest absolute Gasteiger partial charge is 0.391 e. The third kappa shape index (κ3) is 7.48. The highest BCUT2D eigenvalue weighted by Crippen LogP contribution is 2.39. The molecule has 1 aliphatic carbocycles. The number of ether oxygens (including phenoxy) is 1. The van der Waals surface area contributed by atoms with Gasteiger partial charge in [-0.3, -0.25) is 9.59 Å². The predicted octanol–water partition coefficient (Wildman–Crippen LogP) is 3.13. The van der Waals surface area contributed by atoms with Gasteiger partial charge < -0.3 is 9.84 Å². The van der Waals surface area contributed by atoms with Crippen molar-refractivity contribution in [3.8, 4) is 0 Å². The van der Waals surface area contributed by atoms with Gasteiger partial charge in [0.15, 0.2) is 0 Å². The van der Waals surface area contributed by atoms with Gasteiger partial charge in [0.2, 0.25) is 0 Å². The molecular formula is C12H17F3O4. The Labute approximate surface area is 109 Å². The molecule has 0 amide bonds. The number of halogens is 3. The Bertz CT molecular complexity index is 325. The number of esters is 1. The maximum atomic E-state index is 12.2. The highest BCUT2D eigenvalue weighted by atomic mass is 19.4. The Morgan fingerprint density at radius 3 is 2.26 bits per heavy atom. The number of carbonyl (C=O) groups excluding carboxylic acids is 1. The molecule has 19 heavy (non-hydrogen) atoms. The van der Waals surface area contributed by atoms with Crippen LogP contribution in [0, 0.1) is 11.8 Å². The van der Waals surface area contributed by atoms with Crippen molar-refractivity contribution in [2.45, 2.75) is 38.8 Å². The molecular weight excluding hydrogens is 265 g/mol. The highest BCUT2D eigenvalue weighted by Gasteiger charge is 2.43. The second-order valence-electron chi connectivity index (χ2n) is 4.22. The van der Waals surface area contributed by atoms with Gasteiger partial charge in [0.05, 0.1) is 18.1 Å². The average Bonchev–Trinajstić information content (AvgIpc) is 2.28. The second-order valence-corrected chi connectivity index (χ2v) is 4.22. The van der Waals surface area contributed by atoms with Gasteiger partial charge in [-0.25, -0.2) is 0 Å². The van der Waals surface area contributed by atoms with Crippen molar-refractivity contribution in [1.82, 2.24) is 0 Å². The summed E-state index contributed by atoms with van der Waals surface area (Å²) in [6.07, 6.45) is -2.56. The Morgan fingerprint density at radius 1 is 1.37 bits per heavy atom. The van der Waals surface area contributed by atoms with Crippen molar-refractivity contribution in [3.63, 3.8) is 0 Å². The Hall–Kier alpha value is -1.53. The zero-order chi connectivity index (χ0) is 15.1. The number of hydrogen-bond donors (Lipinski definition) is 1. The van der Waals surface area contributed by atoms with Gasteiger partial charge in [-0.05, 0) is 19.3 Å². The summed E-state index contributed by atoms with van der Waals surface area (Å²) in [5, 5.41) is 8.55. The minimum atomic E-state index is -4.23. The molecule has 0 aromatic rings. The summed E-state index contributed by atoms with van der Waals surface area (Å²) in [6.45, 7) is 4.48. The molecule has 1 N–H and O–H groups in total. The van der Waals surface area contributed by atoms with E-state index in [-0.39, 0.29) is 18.8 Å². The molecule has 0 aliphatic heterocycles. The van der Waals surface area contributed by atoms with Crippen molar-refractivity contribution in [2.24, 2.45) is 11.8 Å². The molecule has 0 bridgehead atoms. The number of aliphatic carboxylic acids is 1. The first-order valence-corrected chi connectivity index (χ1v) is 5.76. The van der Waals surface area contributed by atoms with Crippen LogP contribution in [-0.2, 0) is 14.3 Å². The second kappa shape index (κ2) is 7.81. The van der Waals surface area contributed by atoms with Crippen LogP contribution in [0.5, 0.6) is 0 Å².